The lowest BCUT2D eigenvalue weighted by atomic mass is 10.1. The van der Waals surface area contributed by atoms with E-state index in [1.54, 1.807) is 19.1 Å². The van der Waals surface area contributed by atoms with Crippen molar-refractivity contribution in [1.82, 2.24) is 0 Å². The zero-order valence-corrected chi connectivity index (χ0v) is 15.9. The van der Waals surface area contributed by atoms with Gasteiger partial charge in [-0.3, -0.25) is 4.79 Å². The van der Waals surface area contributed by atoms with Crippen LogP contribution in [0, 0.1) is 5.82 Å². The highest BCUT2D eigenvalue weighted by Crippen LogP contribution is 2.33. The Morgan fingerprint density at radius 3 is 2.67 bits per heavy atom. The molecule has 0 bridgehead atoms. The molecule has 6 nitrogen and oxygen atoms in total. The molecule has 0 atom stereocenters. The van der Waals surface area contributed by atoms with Gasteiger partial charge in [0.05, 0.1) is 11.4 Å². The molecule has 1 amide bonds. The highest BCUT2D eigenvalue weighted by Gasteiger charge is 2.29. The third kappa shape index (κ3) is 3.85. The van der Waals surface area contributed by atoms with E-state index >= 15 is 0 Å². The standard InChI is InChI=1S/C19H20FN3O3S/c1-3-4-11-23-13(2)22-27(25,26)18-12-14(9-10-17(18)23)19(24)21-16-8-6-5-7-15(16)20/h5-10,12H,3-4,11H2,1-2H3,(H,21,24). The van der Waals surface area contributed by atoms with Gasteiger partial charge in [-0.2, -0.15) is 8.42 Å². The first-order valence-electron chi connectivity index (χ1n) is 8.62. The van der Waals surface area contributed by atoms with Crippen LogP contribution in [0.4, 0.5) is 15.8 Å². The van der Waals surface area contributed by atoms with E-state index in [1.165, 1.54) is 30.3 Å². The first-order chi connectivity index (χ1) is 12.8. The van der Waals surface area contributed by atoms with Crippen LogP contribution in [0.15, 0.2) is 51.8 Å². The molecular formula is C19H20FN3O3S. The number of benzene rings is 2. The lowest BCUT2D eigenvalue weighted by Crippen LogP contribution is -2.34. The van der Waals surface area contributed by atoms with E-state index in [1.807, 2.05) is 11.8 Å². The summed E-state index contributed by atoms with van der Waals surface area (Å²) in [6, 6.07) is 10.2. The molecule has 0 radical (unpaired) electrons. The highest BCUT2D eigenvalue weighted by molar-refractivity contribution is 7.90. The molecule has 0 fully saturated rings. The van der Waals surface area contributed by atoms with Crippen molar-refractivity contribution in [2.45, 2.75) is 31.6 Å². The molecule has 0 spiro atoms. The van der Waals surface area contributed by atoms with E-state index in [9.17, 15) is 17.6 Å². The van der Waals surface area contributed by atoms with Crippen LogP contribution in [0.25, 0.3) is 0 Å². The largest absolute Gasteiger partial charge is 0.328 e. The summed E-state index contributed by atoms with van der Waals surface area (Å²) >= 11 is 0. The maximum atomic E-state index is 13.7. The molecule has 0 unspecified atom stereocenters. The topological polar surface area (TPSA) is 78.8 Å². The molecule has 2 aromatic carbocycles. The maximum Gasteiger partial charge on any atom is 0.286 e. The second-order valence-electron chi connectivity index (χ2n) is 6.24. The number of hydrogen-bond acceptors (Lipinski definition) is 4. The summed E-state index contributed by atoms with van der Waals surface area (Å²) in [5, 5.41) is 2.46. The number of rotatable bonds is 5. The lowest BCUT2D eigenvalue weighted by molar-refractivity contribution is 0.102. The maximum absolute atomic E-state index is 13.7. The first kappa shape index (κ1) is 19.0. The van der Waals surface area contributed by atoms with Crippen LogP contribution in [-0.2, 0) is 10.0 Å². The third-order valence-corrected chi connectivity index (χ3v) is 5.68. The SMILES string of the molecule is CCCCN1C(C)=NS(=O)(=O)c2cc(C(=O)Nc3ccccc3F)ccc21. The Hall–Kier alpha value is -2.74. The first-order valence-corrected chi connectivity index (χ1v) is 10.1. The molecular weight excluding hydrogens is 369 g/mol. The second kappa shape index (κ2) is 7.48. The normalized spacial score (nSPS) is 15.1. The smallest absolute Gasteiger partial charge is 0.286 e. The number of halogens is 1. The van der Waals surface area contributed by atoms with Crippen LogP contribution in [-0.4, -0.2) is 26.7 Å². The van der Waals surface area contributed by atoms with Gasteiger partial charge < -0.3 is 10.2 Å². The van der Waals surface area contributed by atoms with Crippen molar-refractivity contribution in [2.75, 3.05) is 16.8 Å². The summed E-state index contributed by atoms with van der Waals surface area (Å²) in [5.74, 6) is -0.758. The van der Waals surface area contributed by atoms with Crippen molar-refractivity contribution < 1.29 is 17.6 Å². The average molecular weight is 389 g/mol. The Labute approximate surface area is 157 Å². The van der Waals surface area contributed by atoms with Gasteiger partial charge >= 0.3 is 0 Å². The quantitative estimate of drug-likeness (QED) is 0.843. The van der Waals surface area contributed by atoms with Crippen LogP contribution < -0.4 is 10.2 Å². The van der Waals surface area contributed by atoms with Crippen molar-refractivity contribution in [2.24, 2.45) is 4.40 Å². The predicted octanol–water partition coefficient (Wildman–Crippen LogP) is 3.81. The molecule has 0 aromatic heterocycles. The van der Waals surface area contributed by atoms with E-state index in [-0.39, 0.29) is 16.1 Å². The summed E-state index contributed by atoms with van der Waals surface area (Å²) < 4.78 is 42.5. The minimum Gasteiger partial charge on any atom is -0.328 e. The van der Waals surface area contributed by atoms with Crippen molar-refractivity contribution in [3.05, 3.63) is 53.8 Å². The molecule has 0 saturated heterocycles. The Bertz CT molecular complexity index is 1020. The van der Waals surface area contributed by atoms with Gasteiger partial charge in [-0.25, -0.2) is 4.39 Å². The minimum absolute atomic E-state index is 0.0228. The number of anilines is 2. The third-order valence-electron chi connectivity index (χ3n) is 4.29. The number of unbranched alkanes of at least 4 members (excludes halogenated alkanes) is 1. The fourth-order valence-electron chi connectivity index (χ4n) is 2.89. The lowest BCUT2D eigenvalue weighted by Gasteiger charge is -2.29. The van der Waals surface area contributed by atoms with Crippen LogP contribution in [0.3, 0.4) is 0 Å². The number of carbonyl (C=O) groups excluding carboxylic acids is 1. The fraction of sp³-hybridized carbons (Fsp3) is 0.263. The van der Waals surface area contributed by atoms with E-state index in [2.05, 4.69) is 9.71 Å². The molecule has 1 N–H and O–H groups in total. The molecule has 3 rings (SSSR count). The molecule has 8 heteroatoms. The molecule has 142 valence electrons. The number of hydrogen-bond donors (Lipinski definition) is 1. The zero-order valence-electron chi connectivity index (χ0n) is 15.1. The van der Waals surface area contributed by atoms with E-state index < -0.39 is 21.7 Å². The zero-order chi connectivity index (χ0) is 19.6. The summed E-state index contributed by atoms with van der Waals surface area (Å²) in [6.45, 7) is 4.33. The molecule has 0 saturated carbocycles. The van der Waals surface area contributed by atoms with Crippen LogP contribution in [0.2, 0.25) is 0 Å². The van der Waals surface area contributed by atoms with Crippen molar-refractivity contribution in [3.8, 4) is 0 Å². The van der Waals surface area contributed by atoms with Gasteiger partial charge in [0.25, 0.3) is 15.9 Å². The molecule has 1 aliphatic rings. The average Bonchev–Trinajstić information content (AvgIpc) is 2.62. The number of carbonyl (C=O) groups is 1. The molecule has 2 aromatic rings. The Kier molecular flexibility index (Phi) is 5.27. The minimum atomic E-state index is -3.89. The van der Waals surface area contributed by atoms with Gasteiger partial charge in [0, 0.05) is 12.1 Å². The van der Waals surface area contributed by atoms with E-state index in [0.717, 1.165) is 12.8 Å². The highest BCUT2D eigenvalue weighted by atomic mass is 32.2. The van der Waals surface area contributed by atoms with Gasteiger partial charge in [-0.05, 0) is 43.7 Å². The molecule has 1 heterocycles. The van der Waals surface area contributed by atoms with Crippen LogP contribution >= 0.6 is 0 Å². The summed E-state index contributed by atoms with van der Waals surface area (Å²) in [4.78, 5) is 14.3. The van der Waals surface area contributed by atoms with Crippen molar-refractivity contribution in [1.29, 1.82) is 0 Å². The fourth-order valence-corrected chi connectivity index (χ4v) is 4.15. The molecule has 27 heavy (non-hydrogen) atoms. The van der Waals surface area contributed by atoms with Gasteiger partial charge in [0.2, 0.25) is 0 Å². The monoisotopic (exact) mass is 389 g/mol. The number of sulfonamides is 1. The van der Waals surface area contributed by atoms with Crippen LogP contribution in [0.5, 0.6) is 0 Å². The Balaban J connectivity index is 1.96. The van der Waals surface area contributed by atoms with Gasteiger partial charge in [0.1, 0.15) is 16.5 Å². The van der Waals surface area contributed by atoms with Crippen LogP contribution in [0.1, 0.15) is 37.0 Å². The number of para-hydroxylation sites is 1. The van der Waals surface area contributed by atoms with Gasteiger partial charge in [-0.1, -0.05) is 25.5 Å². The second-order valence-corrected chi connectivity index (χ2v) is 7.81. The number of fused-ring (bicyclic) bond motifs is 1. The van der Waals surface area contributed by atoms with Gasteiger partial charge in [-0.15, -0.1) is 4.40 Å². The molecule has 1 aliphatic heterocycles. The summed E-state index contributed by atoms with van der Waals surface area (Å²) in [6.07, 6.45) is 1.83. The number of nitrogens with zero attached hydrogens (tertiary/aromatic N) is 2. The predicted molar refractivity (Wildman–Crippen MR) is 103 cm³/mol. The van der Waals surface area contributed by atoms with E-state index in [4.69, 9.17) is 0 Å². The Morgan fingerprint density at radius 2 is 1.96 bits per heavy atom. The van der Waals surface area contributed by atoms with Gasteiger partial charge in [0.15, 0.2) is 0 Å². The van der Waals surface area contributed by atoms with Crippen molar-refractivity contribution >= 4 is 33.1 Å². The number of amides is 1. The summed E-state index contributed by atoms with van der Waals surface area (Å²) in [5.41, 5.74) is 0.644. The Morgan fingerprint density at radius 1 is 1.22 bits per heavy atom. The number of amidine groups is 1. The van der Waals surface area contributed by atoms with Crippen molar-refractivity contribution in [3.63, 3.8) is 0 Å². The number of nitrogens with one attached hydrogen (secondary N) is 1. The summed E-state index contributed by atoms with van der Waals surface area (Å²) in [7, 11) is -3.89. The molecule has 0 aliphatic carbocycles. The van der Waals surface area contributed by atoms with E-state index in [0.29, 0.717) is 18.1 Å².